The molecule has 1 rings (SSSR count). The minimum atomic E-state index is 0.0163. The lowest BCUT2D eigenvalue weighted by atomic mass is 10.1. The lowest BCUT2D eigenvalue weighted by Crippen LogP contribution is -2.27. The predicted octanol–water partition coefficient (Wildman–Crippen LogP) is 1.05. The summed E-state index contributed by atoms with van der Waals surface area (Å²) in [5.74, 6) is 0.0380. The third-order valence-corrected chi connectivity index (χ3v) is 3.03. The van der Waals surface area contributed by atoms with Crippen molar-refractivity contribution in [1.82, 2.24) is 10.6 Å². The van der Waals surface area contributed by atoms with Crippen LogP contribution in [0, 0.1) is 0 Å². The van der Waals surface area contributed by atoms with Crippen LogP contribution >= 0.6 is 11.6 Å². The van der Waals surface area contributed by atoms with E-state index in [1.165, 1.54) is 0 Å². The second-order valence-corrected chi connectivity index (χ2v) is 4.58. The minimum absolute atomic E-state index is 0.0163. The van der Waals surface area contributed by atoms with Gasteiger partial charge in [0.05, 0.1) is 0 Å². The van der Waals surface area contributed by atoms with Crippen molar-refractivity contribution in [1.29, 1.82) is 0 Å². The van der Waals surface area contributed by atoms with Gasteiger partial charge in [-0.2, -0.15) is 0 Å². The molecule has 20 heavy (non-hydrogen) atoms. The lowest BCUT2D eigenvalue weighted by Gasteiger charge is -2.08. The van der Waals surface area contributed by atoms with Crippen molar-refractivity contribution in [3.05, 3.63) is 34.3 Å². The van der Waals surface area contributed by atoms with E-state index in [-0.39, 0.29) is 11.7 Å². The maximum Gasteiger partial charge on any atom is 0.221 e. The number of carbonyl (C=O) groups is 1. The number of rotatable bonds is 7. The van der Waals surface area contributed by atoms with E-state index in [2.05, 4.69) is 15.8 Å². The Bertz CT molecular complexity index is 491. The van der Waals surface area contributed by atoms with Gasteiger partial charge in [-0.15, -0.1) is 0 Å². The zero-order valence-electron chi connectivity index (χ0n) is 11.3. The summed E-state index contributed by atoms with van der Waals surface area (Å²) in [6.45, 7) is 3.65. The fourth-order valence-corrected chi connectivity index (χ4v) is 1.87. The molecule has 0 saturated carbocycles. The molecule has 0 bridgehead atoms. The number of oxime groups is 1. The Hall–Kier alpha value is -1.79. The van der Waals surface area contributed by atoms with Crippen molar-refractivity contribution in [2.75, 3.05) is 13.1 Å². The first-order valence-electron chi connectivity index (χ1n) is 6.32. The standard InChI is InChI=1S/C13H19ClN4O2/c1-2-17-12(19)5-6-16-8-10-4-3-9(7-11(10)14)13(15)18-20/h3-4,7,16,20H,2,5-6,8H2,1H3,(H2,15,18)(H,17,19). The molecule has 0 spiro atoms. The molecule has 7 heteroatoms. The highest BCUT2D eigenvalue weighted by Crippen LogP contribution is 2.17. The number of nitrogens with zero attached hydrogens (tertiary/aromatic N) is 1. The Balaban J connectivity index is 2.47. The molecule has 0 fully saturated rings. The topological polar surface area (TPSA) is 99.7 Å². The molecule has 0 aliphatic carbocycles. The molecule has 110 valence electrons. The number of hydrogen-bond acceptors (Lipinski definition) is 4. The Labute approximate surface area is 123 Å². The number of nitrogens with two attached hydrogens (primary N) is 1. The van der Waals surface area contributed by atoms with E-state index in [9.17, 15) is 4.79 Å². The van der Waals surface area contributed by atoms with Crippen molar-refractivity contribution in [3.8, 4) is 0 Å². The average Bonchev–Trinajstić information content (AvgIpc) is 2.44. The highest BCUT2D eigenvalue weighted by Gasteiger charge is 2.05. The van der Waals surface area contributed by atoms with E-state index < -0.39 is 0 Å². The van der Waals surface area contributed by atoms with Crippen LogP contribution in [0.4, 0.5) is 0 Å². The van der Waals surface area contributed by atoms with E-state index in [1.807, 2.05) is 6.92 Å². The lowest BCUT2D eigenvalue weighted by molar-refractivity contribution is -0.120. The Kier molecular flexibility index (Phi) is 6.83. The molecule has 0 heterocycles. The van der Waals surface area contributed by atoms with Crippen LogP contribution in [0.1, 0.15) is 24.5 Å². The van der Waals surface area contributed by atoms with Crippen LogP contribution in [-0.2, 0) is 11.3 Å². The number of nitrogens with one attached hydrogen (secondary N) is 2. The van der Waals surface area contributed by atoms with Crippen LogP contribution in [-0.4, -0.2) is 30.0 Å². The first kappa shape index (κ1) is 16.3. The summed E-state index contributed by atoms with van der Waals surface area (Å²) in [6, 6.07) is 5.16. The van der Waals surface area contributed by atoms with Crippen molar-refractivity contribution in [2.45, 2.75) is 19.9 Å². The summed E-state index contributed by atoms with van der Waals surface area (Å²) in [5.41, 5.74) is 6.92. The summed E-state index contributed by atoms with van der Waals surface area (Å²) in [5, 5.41) is 17.9. The van der Waals surface area contributed by atoms with E-state index >= 15 is 0 Å². The largest absolute Gasteiger partial charge is 0.409 e. The summed E-state index contributed by atoms with van der Waals surface area (Å²) in [7, 11) is 0. The Morgan fingerprint density at radius 2 is 2.25 bits per heavy atom. The predicted molar refractivity (Wildman–Crippen MR) is 79.0 cm³/mol. The molecule has 0 radical (unpaired) electrons. The molecule has 1 amide bonds. The van der Waals surface area contributed by atoms with Gasteiger partial charge in [-0.05, 0) is 18.6 Å². The van der Waals surface area contributed by atoms with Crippen LogP contribution in [0.15, 0.2) is 23.4 Å². The molecule has 5 N–H and O–H groups in total. The van der Waals surface area contributed by atoms with Crippen LogP contribution < -0.4 is 16.4 Å². The number of amides is 1. The van der Waals surface area contributed by atoms with E-state index in [1.54, 1.807) is 18.2 Å². The van der Waals surface area contributed by atoms with Crippen LogP contribution in [0.2, 0.25) is 5.02 Å². The van der Waals surface area contributed by atoms with Crippen molar-refractivity contribution >= 4 is 23.3 Å². The SMILES string of the molecule is CCNC(=O)CCNCc1ccc(/C(N)=N/O)cc1Cl. The summed E-state index contributed by atoms with van der Waals surface area (Å²) < 4.78 is 0. The molecule has 0 aliphatic rings. The molecule has 0 saturated heterocycles. The first-order chi connectivity index (χ1) is 9.58. The van der Waals surface area contributed by atoms with Gasteiger partial charge in [0.15, 0.2) is 5.84 Å². The van der Waals surface area contributed by atoms with Gasteiger partial charge in [0.25, 0.3) is 0 Å². The number of amidine groups is 1. The van der Waals surface area contributed by atoms with Gasteiger partial charge in [0.2, 0.25) is 5.91 Å². The summed E-state index contributed by atoms with van der Waals surface area (Å²) in [4.78, 5) is 11.2. The zero-order valence-corrected chi connectivity index (χ0v) is 12.1. The first-order valence-corrected chi connectivity index (χ1v) is 6.70. The summed E-state index contributed by atoms with van der Waals surface area (Å²) >= 11 is 6.11. The van der Waals surface area contributed by atoms with Crippen LogP contribution in [0.5, 0.6) is 0 Å². The van der Waals surface area contributed by atoms with Gasteiger partial charge in [0, 0.05) is 36.6 Å². The maximum atomic E-state index is 11.2. The van der Waals surface area contributed by atoms with Gasteiger partial charge >= 0.3 is 0 Å². The fourth-order valence-electron chi connectivity index (χ4n) is 1.62. The smallest absolute Gasteiger partial charge is 0.221 e. The molecule has 0 unspecified atom stereocenters. The van der Waals surface area contributed by atoms with Gasteiger partial charge in [0.1, 0.15) is 0 Å². The number of halogens is 1. The quantitative estimate of drug-likeness (QED) is 0.199. The second kappa shape index (κ2) is 8.39. The molecule has 0 atom stereocenters. The normalized spacial score (nSPS) is 11.4. The third kappa shape index (κ3) is 5.07. The van der Waals surface area contributed by atoms with Crippen molar-refractivity contribution in [2.24, 2.45) is 10.9 Å². The molecular formula is C13H19ClN4O2. The van der Waals surface area contributed by atoms with E-state index in [0.717, 1.165) is 5.56 Å². The monoisotopic (exact) mass is 298 g/mol. The van der Waals surface area contributed by atoms with Crippen molar-refractivity contribution < 1.29 is 10.0 Å². The van der Waals surface area contributed by atoms with Gasteiger partial charge in [-0.25, -0.2) is 0 Å². The zero-order chi connectivity index (χ0) is 15.0. The summed E-state index contributed by atoms with van der Waals surface area (Å²) in [6.07, 6.45) is 0.424. The van der Waals surface area contributed by atoms with Crippen LogP contribution in [0.25, 0.3) is 0 Å². The fraction of sp³-hybridized carbons (Fsp3) is 0.385. The van der Waals surface area contributed by atoms with Gasteiger partial charge in [-0.1, -0.05) is 28.9 Å². The minimum Gasteiger partial charge on any atom is -0.409 e. The number of carbonyl (C=O) groups excluding carboxylic acids is 1. The maximum absolute atomic E-state index is 11.2. The Morgan fingerprint density at radius 1 is 1.50 bits per heavy atom. The molecule has 0 aromatic heterocycles. The molecule has 1 aromatic rings. The molecule has 6 nitrogen and oxygen atoms in total. The highest BCUT2D eigenvalue weighted by molar-refractivity contribution is 6.31. The molecular weight excluding hydrogens is 280 g/mol. The van der Waals surface area contributed by atoms with Gasteiger partial charge in [-0.3, -0.25) is 4.79 Å². The Morgan fingerprint density at radius 3 is 2.85 bits per heavy atom. The number of benzene rings is 1. The van der Waals surface area contributed by atoms with Crippen LogP contribution in [0.3, 0.4) is 0 Å². The number of hydrogen-bond donors (Lipinski definition) is 4. The van der Waals surface area contributed by atoms with Crippen molar-refractivity contribution in [3.63, 3.8) is 0 Å². The van der Waals surface area contributed by atoms with E-state index in [4.69, 9.17) is 22.5 Å². The third-order valence-electron chi connectivity index (χ3n) is 2.67. The molecule has 1 aromatic carbocycles. The highest BCUT2D eigenvalue weighted by atomic mass is 35.5. The van der Waals surface area contributed by atoms with Gasteiger partial charge < -0.3 is 21.6 Å². The van der Waals surface area contributed by atoms with E-state index in [0.29, 0.717) is 36.6 Å². The second-order valence-electron chi connectivity index (χ2n) is 4.17. The average molecular weight is 299 g/mol. The molecule has 0 aliphatic heterocycles.